The van der Waals surface area contributed by atoms with Crippen molar-refractivity contribution in [3.63, 3.8) is 0 Å². The lowest BCUT2D eigenvalue weighted by Crippen LogP contribution is -2.38. The molecule has 2 rings (SSSR count). The van der Waals surface area contributed by atoms with Crippen molar-refractivity contribution in [2.75, 3.05) is 6.54 Å². The lowest BCUT2D eigenvalue weighted by atomic mass is 9.75. The van der Waals surface area contributed by atoms with Crippen molar-refractivity contribution in [1.29, 1.82) is 0 Å². The first kappa shape index (κ1) is 20.4. The maximum absolute atomic E-state index is 12.6. The maximum Gasteiger partial charge on any atom is 0.308 e. The van der Waals surface area contributed by atoms with Gasteiger partial charge in [0.05, 0.1) is 19.0 Å². The molecule has 1 aliphatic carbocycles. The van der Waals surface area contributed by atoms with Gasteiger partial charge in [0.25, 0.3) is 0 Å². The molecule has 0 bridgehead atoms. The number of hydrogen-bond donors (Lipinski definition) is 2. The third-order valence-electron chi connectivity index (χ3n) is 5.34. The Bertz CT molecular complexity index is 588. The Labute approximate surface area is 156 Å². The average Bonchev–Trinajstić information content (AvgIpc) is 2.61. The highest BCUT2D eigenvalue weighted by molar-refractivity contribution is 5.79. The average molecular weight is 360 g/mol. The summed E-state index contributed by atoms with van der Waals surface area (Å²) in [5, 5.41) is 2.83. The third kappa shape index (κ3) is 5.84. The minimum atomic E-state index is -0.418. The van der Waals surface area contributed by atoms with Gasteiger partial charge in [-0.2, -0.15) is 0 Å². The van der Waals surface area contributed by atoms with Crippen molar-refractivity contribution in [2.45, 2.75) is 58.6 Å². The summed E-state index contributed by atoms with van der Waals surface area (Å²) in [6.45, 7) is 6.49. The smallest absolute Gasteiger partial charge is 0.308 e. The first-order valence-corrected chi connectivity index (χ1v) is 9.64. The summed E-state index contributed by atoms with van der Waals surface area (Å²) >= 11 is 0. The number of nitrogens with one attached hydrogen (secondary N) is 1. The Kier molecular flexibility index (Phi) is 7.64. The van der Waals surface area contributed by atoms with Crippen molar-refractivity contribution >= 4 is 11.9 Å². The van der Waals surface area contributed by atoms with Crippen LogP contribution in [-0.4, -0.2) is 24.5 Å². The number of rotatable bonds is 7. The number of ether oxygens (including phenoxy) is 1. The summed E-state index contributed by atoms with van der Waals surface area (Å²) in [6.07, 6.45) is 3.29. The maximum atomic E-state index is 12.6. The Balaban J connectivity index is 2.04. The second-order valence-corrected chi connectivity index (χ2v) is 7.79. The summed E-state index contributed by atoms with van der Waals surface area (Å²) in [7, 11) is 0. The first-order chi connectivity index (χ1) is 12.4. The van der Waals surface area contributed by atoms with Crippen LogP contribution in [0.25, 0.3) is 0 Å². The van der Waals surface area contributed by atoms with Crippen LogP contribution in [0.2, 0.25) is 0 Å². The van der Waals surface area contributed by atoms with E-state index >= 15 is 0 Å². The van der Waals surface area contributed by atoms with E-state index in [1.165, 1.54) is 6.42 Å². The van der Waals surface area contributed by atoms with E-state index in [0.29, 0.717) is 17.8 Å². The summed E-state index contributed by atoms with van der Waals surface area (Å²) in [6, 6.07) is 9.06. The van der Waals surface area contributed by atoms with Gasteiger partial charge in [0.1, 0.15) is 6.10 Å². The van der Waals surface area contributed by atoms with Gasteiger partial charge in [-0.15, -0.1) is 0 Å². The number of carbonyl (C=O) groups excluding carboxylic acids is 2. The molecule has 26 heavy (non-hydrogen) atoms. The van der Waals surface area contributed by atoms with Crippen LogP contribution in [0.4, 0.5) is 0 Å². The molecule has 1 unspecified atom stereocenters. The Hall–Kier alpha value is -1.88. The van der Waals surface area contributed by atoms with Crippen LogP contribution < -0.4 is 11.1 Å². The monoisotopic (exact) mass is 360 g/mol. The molecule has 1 amide bonds. The Morgan fingerprint density at radius 1 is 1.23 bits per heavy atom. The molecule has 0 heterocycles. The second-order valence-electron chi connectivity index (χ2n) is 7.79. The molecule has 1 aromatic rings. The number of nitrogens with two attached hydrogens (primary N) is 1. The summed E-state index contributed by atoms with van der Waals surface area (Å²) < 4.78 is 5.88. The first-order valence-electron chi connectivity index (χ1n) is 9.64. The van der Waals surface area contributed by atoms with Gasteiger partial charge in [0, 0.05) is 0 Å². The van der Waals surface area contributed by atoms with Gasteiger partial charge < -0.3 is 15.8 Å². The SMILES string of the molecule is CC(C)C1CC[C@H](C)C[C@@H]1OC(=O)C[C@@H](NC(=O)CN)c1ccccc1. The highest BCUT2D eigenvalue weighted by Gasteiger charge is 2.34. The van der Waals surface area contributed by atoms with Crippen LogP contribution in [0.5, 0.6) is 0 Å². The molecule has 0 aromatic heterocycles. The van der Waals surface area contributed by atoms with Gasteiger partial charge in [-0.3, -0.25) is 9.59 Å². The number of carbonyl (C=O) groups is 2. The molecule has 1 aromatic carbocycles. The van der Waals surface area contributed by atoms with Gasteiger partial charge in [-0.25, -0.2) is 0 Å². The molecule has 0 spiro atoms. The topological polar surface area (TPSA) is 81.4 Å². The zero-order valence-electron chi connectivity index (χ0n) is 16.1. The third-order valence-corrected chi connectivity index (χ3v) is 5.34. The molecule has 0 aliphatic heterocycles. The van der Waals surface area contributed by atoms with E-state index in [0.717, 1.165) is 18.4 Å². The van der Waals surface area contributed by atoms with E-state index in [1.54, 1.807) is 0 Å². The molecular weight excluding hydrogens is 328 g/mol. The fraction of sp³-hybridized carbons (Fsp3) is 0.619. The predicted octanol–water partition coefficient (Wildman–Crippen LogP) is 3.20. The van der Waals surface area contributed by atoms with Crippen LogP contribution in [0.15, 0.2) is 30.3 Å². The lowest BCUT2D eigenvalue weighted by Gasteiger charge is -2.37. The highest BCUT2D eigenvalue weighted by Crippen LogP contribution is 2.35. The van der Waals surface area contributed by atoms with E-state index in [2.05, 4.69) is 26.1 Å². The lowest BCUT2D eigenvalue weighted by molar-refractivity contribution is -0.156. The van der Waals surface area contributed by atoms with E-state index in [1.807, 2.05) is 30.3 Å². The summed E-state index contributed by atoms with van der Waals surface area (Å²) in [5.41, 5.74) is 6.30. The van der Waals surface area contributed by atoms with Crippen LogP contribution >= 0.6 is 0 Å². The molecule has 3 N–H and O–H groups in total. The van der Waals surface area contributed by atoms with Crippen molar-refractivity contribution in [1.82, 2.24) is 5.32 Å². The fourth-order valence-corrected chi connectivity index (χ4v) is 3.82. The van der Waals surface area contributed by atoms with Gasteiger partial charge in [0.2, 0.25) is 5.91 Å². The molecule has 5 nitrogen and oxygen atoms in total. The van der Waals surface area contributed by atoms with Gasteiger partial charge in [0.15, 0.2) is 0 Å². The van der Waals surface area contributed by atoms with Crippen molar-refractivity contribution in [2.24, 2.45) is 23.5 Å². The second kappa shape index (κ2) is 9.72. The van der Waals surface area contributed by atoms with Gasteiger partial charge in [-0.1, -0.05) is 57.5 Å². The quantitative estimate of drug-likeness (QED) is 0.732. The van der Waals surface area contributed by atoms with Crippen molar-refractivity contribution in [3.05, 3.63) is 35.9 Å². The summed E-state index contributed by atoms with van der Waals surface area (Å²) in [4.78, 5) is 24.4. The zero-order valence-corrected chi connectivity index (χ0v) is 16.1. The molecule has 144 valence electrons. The Morgan fingerprint density at radius 3 is 2.54 bits per heavy atom. The van der Waals surface area contributed by atoms with Crippen LogP contribution in [-0.2, 0) is 14.3 Å². The highest BCUT2D eigenvalue weighted by atomic mass is 16.5. The fourth-order valence-electron chi connectivity index (χ4n) is 3.82. The number of amides is 1. The van der Waals surface area contributed by atoms with Crippen LogP contribution in [0.1, 0.15) is 58.1 Å². The number of hydrogen-bond acceptors (Lipinski definition) is 4. The molecule has 0 radical (unpaired) electrons. The van der Waals surface area contributed by atoms with Gasteiger partial charge in [-0.05, 0) is 36.2 Å². The molecule has 4 atom stereocenters. The van der Waals surface area contributed by atoms with Gasteiger partial charge >= 0.3 is 5.97 Å². The predicted molar refractivity (Wildman–Crippen MR) is 102 cm³/mol. The molecule has 5 heteroatoms. The van der Waals surface area contributed by atoms with E-state index in [-0.39, 0.29) is 30.9 Å². The minimum absolute atomic E-state index is 0.0344. The standard InChI is InChI=1S/C21H32N2O3/c1-14(2)17-10-9-15(3)11-19(17)26-21(25)12-18(23-20(24)13-22)16-7-5-4-6-8-16/h4-8,14-15,17-19H,9-13,22H2,1-3H3,(H,23,24)/t15-,17?,18+,19-/m0/s1. The molecule has 1 fully saturated rings. The van der Waals surface area contributed by atoms with E-state index < -0.39 is 6.04 Å². The number of esters is 1. The Morgan fingerprint density at radius 2 is 1.92 bits per heavy atom. The van der Waals surface area contributed by atoms with E-state index in [4.69, 9.17) is 10.5 Å². The zero-order chi connectivity index (χ0) is 19.1. The molecular formula is C21H32N2O3. The van der Waals surface area contributed by atoms with Crippen molar-refractivity contribution < 1.29 is 14.3 Å². The number of benzene rings is 1. The largest absolute Gasteiger partial charge is 0.462 e. The van der Waals surface area contributed by atoms with Crippen molar-refractivity contribution in [3.8, 4) is 0 Å². The molecule has 1 aliphatic rings. The van der Waals surface area contributed by atoms with Crippen LogP contribution in [0.3, 0.4) is 0 Å². The van der Waals surface area contributed by atoms with E-state index in [9.17, 15) is 9.59 Å². The molecule has 1 saturated carbocycles. The normalized spacial score (nSPS) is 24.1. The minimum Gasteiger partial charge on any atom is -0.462 e. The molecule has 0 saturated heterocycles. The van der Waals surface area contributed by atoms with Crippen LogP contribution in [0, 0.1) is 17.8 Å². The summed E-state index contributed by atoms with van der Waals surface area (Å²) in [5.74, 6) is 0.926.